The van der Waals surface area contributed by atoms with Crippen molar-refractivity contribution in [3.8, 4) is 0 Å². The molecular weight excluding hydrogens is 188 g/mol. The van der Waals surface area contributed by atoms with E-state index in [0.29, 0.717) is 0 Å². The second-order valence-corrected chi connectivity index (χ2v) is 2.89. The molecule has 0 aliphatic carbocycles. The number of rotatable bonds is 5. The zero-order valence-electron chi connectivity index (χ0n) is 8.16. The molecule has 2 amide bonds. The number of carbonyl (C=O) groups excluding carboxylic acids is 2. The van der Waals surface area contributed by atoms with Gasteiger partial charge in [0.25, 0.3) is 0 Å². The number of carboxylic acid groups (broad SMARTS) is 1. The molecule has 0 aromatic carbocycles. The zero-order chi connectivity index (χ0) is 11.1. The van der Waals surface area contributed by atoms with Crippen LogP contribution in [0, 0.1) is 5.92 Å². The predicted octanol–water partition coefficient (Wildman–Crippen LogP) is -1.04. The quantitative estimate of drug-likeness (QED) is 0.530. The van der Waals surface area contributed by atoms with E-state index < -0.39 is 17.8 Å². The summed E-state index contributed by atoms with van der Waals surface area (Å²) in [7, 11) is 1.45. The minimum absolute atomic E-state index is 0.126. The normalized spacial score (nSPS) is 11.6. The maximum Gasteiger partial charge on any atom is 0.304 e. The van der Waals surface area contributed by atoms with Crippen molar-refractivity contribution in [1.29, 1.82) is 0 Å². The number of hydrogen-bond donors (Lipinski definition) is 3. The van der Waals surface area contributed by atoms with E-state index in [1.54, 1.807) is 0 Å². The van der Waals surface area contributed by atoms with Crippen molar-refractivity contribution in [3.63, 3.8) is 0 Å². The molecule has 0 aromatic rings. The van der Waals surface area contributed by atoms with Crippen molar-refractivity contribution in [2.45, 2.75) is 13.3 Å². The molecule has 0 rings (SSSR count). The van der Waals surface area contributed by atoms with Crippen LogP contribution in [0.5, 0.6) is 0 Å². The molecule has 6 heteroatoms. The predicted molar refractivity (Wildman–Crippen MR) is 48.5 cm³/mol. The van der Waals surface area contributed by atoms with Gasteiger partial charge in [-0.2, -0.15) is 0 Å². The highest BCUT2D eigenvalue weighted by Crippen LogP contribution is 2.00. The molecule has 3 N–H and O–H groups in total. The van der Waals surface area contributed by atoms with Gasteiger partial charge in [-0.25, -0.2) is 0 Å². The average Bonchev–Trinajstić information content (AvgIpc) is 2.12. The Morgan fingerprint density at radius 1 is 1.36 bits per heavy atom. The molecular formula is C8H14N2O4. The van der Waals surface area contributed by atoms with E-state index in [-0.39, 0.29) is 18.9 Å². The first-order chi connectivity index (χ1) is 6.47. The van der Waals surface area contributed by atoms with Gasteiger partial charge in [0.2, 0.25) is 11.8 Å². The van der Waals surface area contributed by atoms with Crippen LogP contribution in [0.4, 0.5) is 0 Å². The molecule has 6 nitrogen and oxygen atoms in total. The van der Waals surface area contributed by atoms with Gasteiger partial charge in [0.05, 0.1) is 13.0 Å². The summed E-state index contributed by atoms with van der Waals surface area (Å²) >= 11 is 0. The Labute approximate surface area is 81.7 Å². The van der Waals surface area contributed by atoms with Gasteiger partial charge in [0, 0.05) is 13.0 Å². The van der Waals surface area contributed by atoms with E-state index in [0.717, 1.165) is 0 Å². The van der Waals surface area contributed by atoms with Gasteiger partial charge in [0.1, 0.15) is 0 Å². The number of carbonyl (C=O) groups is 3. The maximum atomic E-state index is 11.1. The van der Waals surface area contributed by atoms with Gasteiger partial charge in [-0.1, -0.05) is 6.92 Å². The molecule has 0 fully saturated rings. The molecule has 0 saturated carbocycles. The highest BCUT2D eigenvalue weighted by Gasteiger charge is 2.16. The molecule has 0 radical (unpaired) electrons. The molecule has 14 heavy (non-hydrogen) atoms. The molecule has 0 saturated heterocycles. The smallest absolute Gasteiger partial charge is 0.304 e. The lowest BCUT2D eigenvalue weighted by molar-refractivity contribution is -0.140. The number of likely N-dealkylation sites (N-methyl/N-ethyl adjacent to an activating group) is 1. The van der Waals surface area contributed by atoms with Gasteiger partial charge >= 0.3 is 5.97 Å². The fraction of sp³-hybridized carbons (Fsp3) is 0.625. The summed E-state index contributed by atoms with van der Waals surface area (Å²) in [5, 5.41) is 13.1. The first kappa shape index (κ1) is 12.4. The molecule has 0 unspecified atom stereocenters. The van der Waals surface area contributed by atoms with E-state index in [1.165, 1.54) is 14.0 Å². The highest BCUT2D eigenvalue weighted by atomic mass is 16.4. The van der Waals surface area contributed by atoms with E-state index in [2.05, 4.69) is 10.6 Å². The zero-order valence-corrected chi connectivity index (χ0v) is 8.16. The standard InChI is InChI=1S/C8H14N2O4/c1-5(3-7(12)13)8(14)10-4-6(11)9-2/h5H,3-4H2,1-2H3,(H,9,11)(H,10,14)(H,12,13)/t5-/m0/s1. The number of aliphatic carboxylic acids is 1. The number of hydrogen-bond acceptors (Lipinski definition) is 3. The fourth-order valence-electron chi connectivity index (χ4n) is 0.785. The molecule has 1 atom stereocenters. The molecule has 0 aliphatic heterocycles. The summed E-state index contributed by atoms with van der Waals surface area (Å²) in [6.07, 6.45) is -0.237. The van der Waals surface area contributed by atoms with Gasteiger partial charge in [0.15, 0.2) is 0 Å². The maximum absolute atomic E-state index is 11.1. The van der Waals surface area contributed by atoms with E-state index in [1.807, 2.05) is 0 Å². The number of amides is 2. The SMILES string of the molecule is CNC(=O)CNC(=O)[C@@H](C)CC(=O)O. The lowest BCUT2D eigenvalue weighted by atomic mass is 10.1. The summed E-state index contributed by atoms with van der Waals surface area (Å²) in [5.74, 6) is -2.42. The van der Waals surface area contributed by atoms with Crippen molar-refractivity contribution < 1.29 is 19.5 Å². The van der Waals surface area contributed by atoms with Crippen LogP contribution in [0.1, 0.15) is 13.3 Å². The monoisotopic (exact) mass is 202 g/mol. The Kier molecular flexibility index (Phi) is 5.28. The summed E-state index contributed by atoms with van der Waals surface area (Å²) in [6, 6.07) is 0. The van der Waals surface area contributed by atoms with E-state index in [4.69, 9.17) is 5.11 Å². The Hall–Kier alpha value is -1.59. The lowest BCUT2D eigenvalue weighted by Crippen LogP contribution is -2.38. The van der Waals surface area contributed by atoms with Crippen molar-refractivity contribution in [3.05, 3.63) is 0 Å². The van der Waals surface area contributed by atoms with E-state index in [9.17, 15) is 14.4 Å². The summed E-state index contributed by atoms with van der Waals surface area (Å²) in [5.41, 5.74) is 0. The minimum atomic E-state index is -1.03. The first-order valence-electron chi connectivity index (χ1n) is 4.17. The van der Waals surface area contributed by atoms with Crippen LogP contribution in [0.2, 0.25) is 0 Å². The van der Waals surface area contributed by atoms with Gasteiger partial charge in [-0.05, 0) is 0 Å². The molecule has 0 spiro atoms. The first-order valence-corrected chi connectivity index (χ1v) is 4.17. The Balaban J connectivity index is 3.84. The molecule has 80 valence electrons. The fourth-order valence-corrected chi connectivity index (χ4v) is 0.785. The van der Waals surface area contributed by atoms with Crippen LogP contribution in [0.25, 0.3) is 0 Å². The van der Waals surface area contributed by atoms with E-state index >= 15 is 0 Å². The number of carboxylic acids is 1. The van der Waals surface area contributed by atoms with Crippen LogP contribution in [-0.2, 0) is 14.4 Å². The second kappa shape index (κ2) is 5.95. The van der Waals surface area contributed by atoms with Gasteiger partial charge in [-0.15, -0.1) is 0 Å². The van der Waals surface area contributed by atoms with Crippen molar-refractivity contribution >= 4 is 17.8 Å². The Morgan fingerprint density at radius 2 is 1.93 bits per heavy atom. The van der Waals surface area contributed by atoms with Gasteiger partial charge < -0.3 is 15.7 Å². The molecule has 0 aliphatic rings. The Morgan fingerprint density at radius 3 is 2.36 bits per heavy atom. The van der Waals surface area contributed by atoms with Crippen molar-refractivity contribution in [2.24, 2.45) is 5.92 Å². The summed E-state index contributed by atoms with van der Waals surface area (Å²) in [4.78, 5) is 32.1. The largest absolute Gasteiger partial charge is 0.481 e. The number of nitrogens with one attached hydrogen (secondary N) is 2. The third kappa shape index (κ3) is 5.13. The molecule has 0 heterocycles. The van der Waals surface area contributed by atoms with Crippen LogP contribution < -0.4 is 10.6 Å². The highest BCUT2D eigenvalue weighted by molar-refractivity contribution is 5.87. The van der Waals surface area contributed by atoms with Crippen LogP contribution in [0.3, 0.4) is 0 Å². The molecule has 0 bridgehead atoms. The van der Waals surface area contributed by atoms with Crippen LogP contribution in [0.15, 0.2) is 0 Å². The second-order valence-electron chi connectivity index (χ2n) is 2.89. The minimum Gasteiger partial charge on any atom is -0.481 e. The Bertz CT molecular complexity index is 239. The van der Waals surface area contributed by atoms with Crippen LogP contribution in [-0.4, -0.2) is 36.5 Å². The van der Waals surface area contributed by atoms with Crippen molar-refractivity contribution in [1.82, 2.24) is 10.6 Å². The van der Waals surface area contributed by atoms with Crippen molar-refractivity contribution in [2.75, 3.05) is 13.6 Å². The molecule has 0 aromatic heterocycles. The average molecular weight is 202 g/mol. The van der Waals surface area contributed by atoms with Crippen LogP contribution >= 0.6 is 0 Å². The van der Waals surface area contributed by atoms with Gasteiger partial charge in [-0.3, -0.25) is 14.4 Å². The third-order valence-electron chi connectivity index (χ3n) is 1.63. The lowest BCUT2D eigenvalue weighted by Gasteiger charge is -2.08. The topological polar surface area (TPSA) is 95.5 Å². The summed E-state index contributed by atoms with van der Waals surface area (Å²) in [6.45, 7) is 1.37. The summed E-state index contributed by atoms with van der Waals surface area (Å²) < 4.78 is 0. The third-order valence-corrected chi connectivity index (χ3v) is 1.63.